The van der Waals surface area contributed by atoms with Crippen molar-refractivity contribution in [1.82, 2.24) is 9.55 Å². The summed E-state index contributed by atoms with van der Waals surface area (Å²) in [4.78, 5) is 5.02. The third kappa shape index (κ3) is 4.32. The molecule has 2 aromatic carbocycles. The molecular weight excluding hydrogens is 348 g/mol. The van der Waals surface area contributed by atoms with E-state index >= 15 is 0 Å². The Kier molecular flexibility index (Phi) is 6.15. The molecule has 3 aromatic rings. The van der Waals surface area contributed by atoms with Gasteiger partial charge in [0.1, 0.15) is 17.3 Å². The predicted octanol–water partition coefficient (Wildman–Crippen LogP) is 5.95. The number of ether oxygens (including phenoxy) is 2. The van der Waals surface area contributed by atoms with Crippen molar-refractivity contribution < 1.29 is 9.47 Å². The van der Waals surface area contributed by atoms with Gasteiger partial charge in [-0.25, -0.2) is 4.98 Å². The van der Waals surface area contributed by atoms with Crippen molar-refractivity contribution in [3.05, 3.63) is 54.4 Å². The number of aromatic nitrogens is 2. The minimum Gasteiger partial charge on any atom is -0.497 e. The molecule has 0 atom stereocenters. The normalized spacial score (nSPS) is 15.0. The van der Waals surface area contributed by atoms with Crippen LogP contribution in [0.25, 0.3) is 11.0 Å². The molecule has 0 radical (unpaired) electrons. The zero-order chi connectivity index (χ0) is 19.2. The molecule has 4 heteroatoms. The Hall–Kier alpha value is -2.49. The highest BCUT2D eigenvalue weighted by Crippen LogP contribution is 2.34. The van der Waals surface area contributed by atoms with Gasteiger partial charge in [-0.15, -0.1) is 0 Å². The van der Waals surface area contributed by atoms with Gasteiger partial charge in [0, 0.05) is 18.5 Å². The molecule has 1 saturated carbocycles. The van der Waals surface area contributed by atoms with Crippen molar-refractivity contribution in [2.24, 2.45) is 0 Å². The van der Waals surface area contributed by atoms with Gasteiger partial charge in [0.05, 0.1) is 24.8 Å². The Balaban J connectivity index is 1.38. The maximum absolute atomic E-state index is 5.90. The summed E-state index contributed by atoms with van der Waals surface area (Å²) < 4.78 is 13.6. The number of hydrogen-bond donors (Lipinski definition) is 0. The van der Waals surface area contributed by atoms with E-state index in [0.717, 1.165) is 43.0 Å². The van der Waals surface area contributed by atoms with Gasteiger partial charge in [-0.1, -0.05) is 37.5 Å². The van der Waals surface area contributed by atoms with Gasteiger partial charge in [0.2, 0.25) is 0 Å². The number of fused-ring (bicyclic) bond motifs is 1. The van der Waals surface area contributed by atoms with Crippen molar-refractivity contribution in [2.75, 3.05) is 13.7 Å². The van der Waals surface area contributed by atoms with E-state index in [2.05, 4.69) is 28.8 Å². The summed E-state index contributed by atoms with van der Waals surface area (Å²) in [5.41, 5.74) is 2.41. The van der Waals surface area contributed by atoms with Gasteiger partial charge in [-0.2, -0.15) is 0 Å². The first kappa shape index (κ1) is 18.9. The average Bonchev–Trinajstić information content (AvgIpc) is 3.13. The highest BCUT2D eigenvalue weighted by atomic mass is 16.5. The maximum atomic E-state index is 5.90. The van der Waals surface area contributed by atoms with Crippen LogP contribution >= 0.6 is 0 Å². The van der Waals surface area contributed by atoms with Crippen LogP contribution in [0.5, 0.6) is 11.5 Å². The molecule has 0 bridgehead atoms. The summed E-state index contributed by atoms with van der Waals surface area (Å²) in [5, 5.41) is 0. The summed E-state index contributed by atoms with van der Waals surface area (Å²) >= 11 is 0. The first-order valence-electron chi connectivity index (χ1n) is 10.6. The number of hydrogen-bond acceptors (Lipinski definition) is 3. The summed E-state index contributed by atoms with van der Waals surface area (Å²) in [6, 6.07) is 16.4. The molecule has 148 valence electrons. The first-order valence-corrected chi connectivity index (χ1v) is 10.6. The fourth-order valence-electron chi connectivity index (χ4n) is 4.25. The van der Waals surface area contributed by atoms with Crippen molar-refractivity contribution in [1.29, 1.82) is 0 Å². The fourth-order valence-corrected chi connectivity index (χ4v) is 4.25. The lowest BCUT2D eigenvalue weighted by Crippen LogP contribution is -2.13. The quantitative estimate of drug-likeness (QED) is 0.454. The van der Waals surface area contributed by atoms with Crippen molar-refractivity contribution in [3.63, 3.8) is 0 Å². The van der Waals surface area contributed by atoms with Gasteiger partial charge in [-0.05, 0) is 49.9 Å². The molecule has 1 fully saturated rings. The van der Waals surface area contributed by atoms with E-state index in [1.807, 2.05) is 24.3 Å². The molecule has 0 spiro atoms. The molecule has 0 amide bonds. The highest BCUT2D eigenvalue weighted by Gasteiger charge is 2.22. The number of unbranched alkanes of at least 4 members (excludes halogenated alkanes) is 1. The lowest BCUT2D eigenvalue weighted by molar-refractivity contribution is 0.300. The first-order chi connectivity index (χ1) is 13.8. The molecule has 0 unspecified atom stereocenters. The van der Waals surface area contributed by atoms with Crippen LogP contribution in [0.3, 0.4) is 0 Å². The van der Waals surface area contributed by atoms with E-state index in [0.29, 0.717) is 5.92 Å². The Bertz CT molecular complexity index is 897. The average molecular weight is 379 g/mol. The van der Waals surface area contributed by atoms with Crippen molar-refractivity contribution in [3.8, 4) is 11.5 Å². The lowest BCUT2D eigenvalue weighted by Gasteiger charge is -2.22. The van der Waals surface area contributed by atoms with Crippen LogP contribution in [-0.2, 0) is 6.54 Å². The number of aryl methyl sites for hydroxylation is 1. The maximum Gasteiger partial charge on any atom is 0.122 e. The van der Waals surface area contributed by atoms with E-state index in [1.54, 1.807) is 7.11 Å². The minimum absolute atomic E-state index is 0.620. The lowest BCUT2D eigenvalue weighted by atomic mass is 9.88. The summed E-state index contributed by atoms with van der Waals surface area (Å²) in [7, 11) is 1.68. The second-order valence-electron chi connectivity index (χ2n) is 7.68. The van der Waals surface area contributed by atoms with Crippen molar-refractivity contribution in [2.45, 2.75) is 57.4 Å². The number of methoxy groups -OCH3 is 1. The number of rotatable bonds is 8. The second kappa shape index (κ2) is 9.13. The van der Waals surface area contributed by atoms with Crippen LogP contribution in [0.15, 0.2) is 48.5 Å². The van der Waals surface area contributed by atoms with Crippen LogP contribution < -0.4 is 9.47 Å². The monoisotopic (exact) mass is 378 g/mol. The van der Waals surface area contributed by atoms with Gasteiger partial charge >= 0.3 is 0 Å². The highest BCUT2D eigenvalue weighted by molar-refractivity contribution is 5.76. The van der Waals surface area contributed by atoms with Crippen LogP contribution in [0.1, 0.15) is 56.7 Å². The molecule has 0 saturated heterocycles. The topological polar surface area (TPSA) is 36.3 Å². The van der Waals surface area contributed by atoms with Crippen LogP contribution in [0.4, 0.5) is 0 Å². The fraction of sp³-hybridized carbons (Fsp3) is 0.458. The van der Waals surface area contributed by atoms with E-state index < -0.39 is 0 Å². The number of imidazole rings is 1. The Labute approximate surface area is 167 Å². The smallest absolute Gasteiger partial charge is 0.122 e. The molecule has 0 aliphatic heterocycles. The summed E-state index contributed by atoms with van der Waals surface area (Å²) in [6.45, 7) is 1.73. The Morgan fingerprint density at radius 1 is 0.964 bits per heavy atom. The summed E-state index contributed by atoms with van der Waals surface area (Å²) in [5.74, 6) is 3.62. The predicted molar refractivity (Wildman–Crippen MR) is 113 cm³/mol. The molecule has 1 heterocycles. The zero-order valence-corrected chi connectivity index (χ0v) is 16.8. The van der Waals surface area contributed by atoms with Crippen LogP contribution in [0.2, 0.25) is 0 Å². The molecule has 28 heavy (non-hydrogen) atoms. The van der Waals surface area contributed by atoms with E-state index in [1.165, 1.54) is 43.4 Å². The van der Waals surface area contributed by atoms with Gasteiger partial charge in [0.25, 0.3) is 0 Å². The van der Waals surface area contributed by atoms with Crippen LogP contribution in [-0.4, -0.2) is 23.3 Å². The molecule has 0 N–H and O–H groups in total. The minimum atomic E-state index is 0.620. The van der Waals surface area contributed by atoms with Crippen LogP contribution in [0, 0.1) is 0 Å². The number of para-hydroxylation sites is 2. The van der Waals surface area contributed by atoms with Gasteiger partial charge < -0.3 is 14.0 Å². The standard InChI is InChI=1S/C24H30N2O2/c1-27-20-12-9-13-21(18-20)28-17-8-7-16-26-23-15-6-5-14-22(23)25-24(26)19-10-3-2-4-11-19/h5-6,9,12-15,18-19H,2-4,7-8,10-11,16-17H2,1H3. The number of benzene rings is 2. The molecule has 4 nitrogen and oxygen atoms in total. The molecule has 1 aromatic heterocycles. The van der Waals surface area contributed by atoms with Crippen molar-refractivity contribution >= 4 is 11.0 Å². The SMILES string of the molecule is COc1cccc(OCCCCn2c(C3CCCCC3)nc3ccccc32)c1. The molecule has 1 aliphatic carbocycles. The van der Waals surface area contributed by atoms with E-state index in [9.17, 15) is 0 Å². The van der Waals surface area contributed by atoms with Gasteiger partial charge in [0.15, 0.2) is 0 Å². The van der Waals surface area contributed by atoms with E-state index in [4.69, 9.17) is 14.5 Å². The zero-order valence-electron chi connectivity index (χ0n) is 16.8. The second-order valence-corrected chi connectivity index (χ2v) is 7.68. The third-order valence-corrected chi connectivity index (χ3v) is 5.74. The van der Waals surface area contributed by atoms with E-state index in [-0.39, 0.29) is 0 Å². The van der Waals surface area contributed by atoms with Gasteiger partial charge in [-0.3, -0.25) is 0 Å². The Morgan fingerprint density at radius 2 is 1.79 bits per heavy atom. The molecular formula is C24H30N2O2. The molecule has 4 rings (SSSR count). The Morgan fingerprint density at radius 3 is 2.64 bits per heavy atom. The third-order valence-electron chi connectivity index (χ3n) is 5.74. The number of nitrogens with zero attached hydrogens (tertiary/aromatic N) is 2. The largest absolute Gasteiger partial charge is 0.497 e. The molecule has 1 aliphatic rings. The summed E-state index contributed by atoms with van der Waals surface area (Å²) in [6.07, 6.45) is 8.71.